The third-order valence-electron chi connectivity index (χ3n) is 6.67. The fourth-order valence-electron chi connectivity index (χ4n) is 4.51. The Balaban J connectivity index is 1.33. The van der Waals surface area contributed by atoms with Crippen molar-refractivity contribution in [1.29, 1.82) is 0 Å². The molecule has 4 rings (SSSR count). The van der Waals surface area contributed by atoms with Crippen molar-refractivity contribution in [3.63, 3.8) is 0 Å². The van der Waals surface area contributed by atoms with Gasteiger partial charge in [0.05, 0.1) is 13.0 Å². The highest BCUT2D eigenvalue weighted by atomic mass is 16.2. The van der Waals surface area contributed by atoms with Crippen molar-refractivity contribution in [2.75, 3.05) is 56.0 Å². The number of carbonyl (C=O) groups excluding carboxylic acids is 3. The van der Waals surface area contributed by atoms with E-state index in [1.54, 1.807) is 4.90 Å². The molecule has 8 heteroatoms. The molecule has 34 heavy (non-hydrogen) atoms. The molecule has 180 valence electrons. The van der Waals surface area contributed by atoms with Gasteiger partial charge < -0.3 is 20.4 Å². The Morgan fingerprint density at radius 3 is 2.41 bits per heavy atom. The molecule has 1 atom stereocenters. The van der Waals surface area contributed by atoms with Crippen molar-refractivity contribution in [3.05, 3.63) is 59.7 Å². The molecule has 0 radical (unpaired) electrons. The second-order valence-electron chi connectivity index (χ2n) is 9.04. The molecule has 2 aromatic carbocycles. The standard InChI is InChI=1S/C26H33N5O3/c1-19-8-9-21(16-20(19)2)28-24(32)17-23-26(34)27-10-11-31(23)25(33)18-29-12-14-30(15-13-29)22-6-4-3-5-7-22/h3-9,16,23H,10-15,17-18H2,1-2H3,(H,27,34)(H,28,32)/t23-/m0/s1. The summed E-state index contributed by atoms with van der Waals surface area (Å²) in [4.78, 5) is 44.5. The zero-order valence-corrected chi connectivity index (χ0v) is 19.9. The molecule has 0 aromatic heterocycles. The molecule has 0 spiro atoms. The average Bonchev–Trinajstić information content (AvgIpc) is 2.83. The number of aryl methyl sites for hydroxylation is 2. The largest absolute Gasteiger partial charge is 0.369 e. The van der Waals surface area contributed by atoms with E-state index in [4.69, 9.17) is 0 Å². The molecule has 3 amide bonds. The zero-order valence-electron chi connectivity index (χ0n) is 19.9. The van der Waals surface area contributed by atoms with E-state index >= 15 is 0 Å². The van der Waals surface area contributed by atoms with Gasteiger partial charge in [0.1, 0.15) is 6.04 Å². The van der Waals surface area contributed by atoms with Crippen LogP contribution in [0.15, 0.2) is 48.5 Å². The van der Waals surface area contributed by atoms with Crippen LogP contribution in [0, 0.1) is 13.8 Å². The quantitative estimate of drug-likeness (QED) is 0.682. The maximum Gasteiger partial charge on any atom is 0.243 e. The maximum atomic E-state index is 13.2. The van der Waals surface area contributed by atoms with Gasteiger partial charge in [0.15, 0.2) is 0 Å². The molecule has 0 bridgehead atoms. The fraction of sp³-hybridized carbons (Fsp3) is 0.423. The average molecular weight is 464 g/mol. The molecule has 2 heterocycles. The lowest BCUT2D eigenvalue weighted by Gasteiger charge is -2.39. The van der Waals surface area contributed by atoms with Crippen LogP contribution in [0.25, 0.3) is 0 Å². The molecule has 2 aliphatic heterocycles. The Hall–Kier alpha value is -3.39. The van der Waals surface area contributed by atoms with Crippen LogP contribution in [-0.4, -0.2) is 79.4 Å². The first kappa shape index (κ1) is 23.8. The summed E-state index contributed by atoms with van der Waals surface area (Å²) in [6.45, 7) is 8.32. The lowest BCUT2D eigenvalue weighted by Crippen LogP contribution is -2.60. The first-order valence-electron chi connectivity index (χ1n) is 11.9. The molecule has 2 fully saturated rings. The van der Waals surface area contributed by atoms with E-state index in [-0.39, 0.29) is 30.7 Å². The van der Waals surface area contributed by atoms with E-state index in [0.717, 1.165) is 37.3 Å². The first-order chi connectivity index (χ1) is 16.4. The number of piperazine rings is 2. The number of nitrogens with zero attached hydrogens (tertiary/aromatic N) is 3. The number of amides is 3. The Morgan fingerprint density at radius 1 is 0.971 bits per heavy atom. The fourth-order valence-corrected chi connectivity index (χ4v) is 4.51. The number of carbonyl (C=O) groups is 3. The minimum Gasteiger partial charge on any atom is -0.369 e. The van der Waals surface area contributed by atoms with Crippen molar-refractivity contribution in [2.45, 2.75) is 26.3 Å². The van der Waals surface area contributed by atoms with Crippen molar-refractivity contribution >= 4 is 29.1 Å². The number of para-hydroxylation sites is 1. The highest BCUT2D eigenvalue weighted by Gasteiger charge is 2.35. The minimum atomic E-state index is -0.793. The SMILES string of the molecule is Cc1ccc(NC(=O)C[C@H]2C(=O)NCCN2C(=O)CN2CCN(c3ccccc3)CC2)cc1C. The summed E-state index contributed by atoms with van der Waals surface area (Å²) in [7, 11) is 0. The number of hydrogen-bond acceptors (Lipinski definition) is 5. The monoisotopic (exact) mass is 463 g/mol. The molecule has 0 saturated carbocycles. The second-order valence-corrected chi connectivity index (χ2v) is 9.04. The number of rotatable bonds is 6. The molecule has 2 aromatic rings. The number of anilines is 2. The lowest BCUT2D eigenvalue weighted by molar-refractivity contribution is -0.145. The van der Waals surface area contributed by atoms with Crippen molar-refractivity contribution in [2.24, 2.45) is 0 Å². The van der Waals surface area contributed by atoms with Crippen LogP contribution >= 0.6 is 0 Å². The maximum absolute atomic E-state index is 13.2. The first-order valence-corrected chi connectivity index (χ1v) is 11.9. The zero-order chi connectivity index (χ0) is 24.1. The van der Waals surface area contributed by atoms with E-state index in [1.165, 1.54) is 5.69 Å². The summed E-state index contributed by atoms with van der Waals surface area (Å²) in [5.41, 5.74) is 4.11. The van der Waals surface area contributed by atoms with E-state index < -0.39 is 6.04 Å². The summed E-state index contributed by atoms with van der Waals surface area (Å²) in [5, 5.41) is 5.66. The molecular weight excluding hydrogens is 430 g/mol. The minimum absolute atomic E-state index is 0.0632. The van der Waals surface area contributed by atoms with Gasteiger partial charge in [-0.05, 0) is 49.2 Å². The molecule has 2 saturated heterocycles. The predicted molar refractivity (Wildman–Crippen MR) is 133 cm³/mol. The van der Waals surface area contributed by atoms with Gasteiger partial charge in [-0.2, -0.15) is 0 Å². The van der Waals surface area contributed by atoms with Crippen LogP contribution in [0.5, 0.6) is 0 Å². The number of hydrogen-bond donors (Lipinski definition) is 2. The topological polar surface area (TPSA) is 85.0 Å². The summed E-state index contributed by atoms with van der Waals surface area (Å²) in [6.07, 6.45) is -0.0632. The van der Waals surface area contributed by atoms with Crippen LogP contribution in [-0.2, 0) is 14.4 Å². The highest BCUT2D eigenvalue weighted by molar-refractivity contribution is 5.97. The van der Waals surface area contributed by atoms with E-state index in [0.29, 0.717) is 18.8 Å². The lowest BCUT2D eigenvalue weighted by atomic mass is 10.1. The molecule has 8 nitrogen and oxygen atoms in total. The normalized spacial score (nSPS) is 19.0. The van der Waals surface area contributed by atoms with Gasteiger partial charge in [-0.25, -0.2) is 0 Å². The summed E-state index contributed by atoms with van der Waals surface area (Å²) in [6, 6.07) is 15.2. The van der Waals surface area contributed by atoms with Gasteiger partial charge in [-0.1, -0.05) is 24.3 Å². The van der Waals surface area contributed by atoms with Crippen LogP contribution in [0.3, 0.4) is 0 Å². The predicted octanol–water partition coefficient (Wildman–Crippen LogP) is 1.78. The molecule has 2 aliphatic rings. The summed E-state index contributed by atoms with van der Waals surface area (Å²) >= 11 is 0. The van der Waals surface area contributed by atoms with Crippen LogP contribution in [0.1, 0.15) is 17.5 Å². The van der Waals surface area contributed by atoms with Gasteiger partial charge in [-0.3, -0.25) is 19.3 Å². The van der Waals surface area contributed by atoms with E-state index in [1.807, 2.05) is 50.2 Å². The Labute approximate surface area is 200 Å². The molecule has 0 aliphatic carbocycles. The third-order valence-corrected chi connectivity index (χ3v) is 6.67. The Kier molecular flexibility index (Phi) is 7.47. The van der Waals surface area contributed by atoms with Crippen LogP contribution < -0.4 is 15.5 Å². The van der Waals surface area contributed by atoms with Crippen LogP contribution in [0.4, 0.5) is 11.4 Å². The van der Waals surface area contributed by atoms with Gasteiger partial charge in [0.25, 0.3) is 0 Å². The van der Waals surface area contributed by atoms with Crippen LogP contribution in [0.2, 0.25) is 0 Å². The highest BCUT2D eigenvalue weighted by Crippen LogP contribution is 2.18. The van der Waals surface area contributed by atoms with Gasteiger partial charge >= 0.3 is 0 Å². The van der Waals surface area contributed by atoms with Crippen molar-refractivity contribution < 1.29 is 14.4 Å². The third kappa shape index (κ3) is 5.75. The van der Waals surface area contributed by atoms with Crippen molar-refractivity contribution in [1.82, 2.24) is 15.1 Å². The summed E-state index contributed by atoms with van der Waals surface area (Å²) in [5.74, 6) is -0.657. The van der Waals surface area contributed by atoms with Gasteiger partial charge in [0.2, 0.25) is 17.7 Å². The molecule has 2 N–H and O–H groups in total. The smallest absolute Gasteiger partial charge is 0.243 e. The number of benzene rings is 2. The van der Waals surface area contributed by atoms with E-state index in [9.17, 15) is 14.4 Å². The molecule has 0 unspecified atom stereocenters. The van der Waals surface area contributed by atoms with Gasteiger partial charge in [-0.15, -0.1) is 0 Å². The summed E-state index contributed by atoms with van der Waals surface area (Å²) < 4.78 is 0. The second kappa shape index (κ2) is 10.7. The Morgan fingerprint density at radius 2 is 1.71 bits per heavy atom. The van der Waals surface area contributed by atoms with Crippen molar-refractivity contribution in [3.8, 4) is 0 Å². The number of nitrogens with one attached hydrogen (secondary N) is 2. The van der Waals surface area contributed by atoms with E-state index in [2.05, 4.69) is 32.6 Å². The molecular formula is C26H33N5O3. The Bertz CT molecular complexity index is 1030. The van der Waals surface area contributed by atoms with Gasteiger partial charge in [0, 0.05) is 50.6 Å².